The predicted octanol–water partition coefficient (Wildman–Crippen LogP) is 4.32. The van der Waals surface area contributed by atoms with Crippen LogP contribution >= 0.6 is 0 Å². The second-order valence-corrected chi connectivity index (χ2v) is 5.35. The van der Waals surface area contributed by atoms with Gasteiger partial charge in [-0.2, -0.15) is 0 Å². The van der Waals surface area contributed by atoms with E-state index in [0.717, 1.165) is 16.9 Å². The van der Waals surface area contributed by atoms with E-state index in [9.17, 15) is 0 Å². The monoisotopic (exact) mass is 352 g/mol. The molecule has 3 aromatic rings. The molecule has 0 N–H and O–H groups in total. The van der Waals surface area contributed by atoms with E-state index in [2.05, 4.69) is 10.2 Å². The summed E-state index contributed by atoms with van der Waals surface area (Å²) in [6, 6.07) is 13.1. The maximum absolute atomic E-state index is 5.68. The van der Waals surface area contributed by atoms with Crippen LogP contribution in [0.4, 0.5) is 0 Å². The van der Waals surface area contributed by atoms with Gasteiger partial charge in [0.1, 0.15) is 5.75 Å². The van der Waals surface area contributed by atoms with Gasteiger partial charge in [-0.1, -0.05) is 6.07 Å². The van der Waals surface area contributed by atoms with Crippen molar-refractivity contribution in [2.45, 2.75) is 6.92 Å². The average Bonchev–Trinajstić information content (AvgIpc) is 3.16. The smallest absolute Gasteiger partial charge is 0.248 e. The number of nitrogens with zero attached hydrogens (tertiary/aromatic N) is 2. The minimum absolute atomic E-state index is 0.420. The molecule has 2 aromatic carbocycles. The molecule has 0 aliphatic heterocycles. The molecule has 0 spiro atoms. The van der Waals surface area contributed by atoms with Crippen molar-refractivity contribution >= 4 is 12.2 Å². The number of ether oxygens (including phenoxy) is 3. The maximum atomic E-state index is 5.68. The summed E-state index contributed by atoms with van der Waals surface area (Å²) in [6.07, 6.45) is 3.64. The van der Waals surface area contributed by atoms with Crippen molar-refractivity contribution in [3.63, 3.8) is 0 Å². The third-order valence-corrected chi connectivity index (χ3v) is 3.68. The van der Waals surface area contributed by atoms with Gasteiger partial charge in [-0.25, -0.2) is 0 Å². The van der Waals surface area contributed by atoms with E-state index < -0.39 is 0 Å². The lowest BCUT2D eigenvalue weighted by Crippen LogP contribution is -1.95. The summed E-state index contributed by atoms with van der Waals surface area (Å²) in [5, 5.41) is 8.12. The molecule has 6 heteroatoms. The summed E-state index contributed by atoms with van der Waals surface area (Å²) >= 11 is 0. The second kappa shape index (κ2) is 8.20. The Morgan fingerprint density at radius 2 is 1.73 bits per heavy atom. The molecule has 0 aliphatic carbocycles. The van der Waals surface area contributed by atoms with E-state index in [1.165, 1.54) is 0 Å². The minimum atomic E-state index is 0.420. The Morgan fingerprint density at radius 3 is 2.42 bits per heavy atom. The number of methoxy groups -OCH3 is 2. The predicted molar refractivity (Wildman–Crippen MR) is 99.4 cm³/mol. The molecule has 0 aliphatic rings. The zero-order valence-corrected chi connectivity index (χ0v) is 14.9. The fourth-order valence-electron chi connectivity index (χ4n) is 2.38. The van der Waals surface area contributed by atoms with Crippen molar-refractivity contribution in [2.75, 3.05) is 20.8 Å². The van der Waals surface area contributed by atoms with E-state index in [-0.39, 0.29) is 0 Å². The van der Waals surface area contributed by atoms with Gasteiger partial charge in [0.25, 0.3) is 0 Å². The fraction of sp³-hybridized carbons (Fsp3) is 0.200. The zero-order chi connectivity index (χ0) is 18.4. The van der Waals surface area contributed by atoms with E-state index in [1.54, 1.807) is 20.3 Å². The van der Waals surface area contributed by atoms with Crippen LogP contribution in [0.3, 0.4) is 0 Å². The summed E-state index contributed by atoms with van der Waals surface area (Å²) in [5.74, 6) is 3.04. The Hall–Kier alpha value is -3.28. The molecule has 3 rings (SSSR count). The first kappa shape index (κ1) is 17.5. The quantitative estimate of drug-likeness (QED) is 0.631. The molecule has 0 saturated carbocycles. The molecule has 0 saturated heterocycles. The van der Waals surface area contributed by atoms with Gasteiger partial charge in [-0.05, 0) is 55.0 Å². The summed E-state index contributed by atoms with van der Waals surface area (Å²) in [7, 11) is 3.24. The molecule has 26 heavy (non-hydrogen) atoms. The minimum Gasteiger partial charge on any atom is -0.497 e. The first-order chi connectivity index (χ1) is 12.7. The van der Waals surface area contributed by atoms with E-state index in [0.29, 0.717) is 29.9 Å². The normalized spacial score (nSPS) is 10.9. The highest BCUT2D eigenvalue weighted by Crippen LogP contribution is 2.29. The summed E-state index contributed by atoms with van der Waals surface area (Å²) < 4.78 is 21.7. The topological polar surface area (TPSA) is 66.6 Å². The standard InChI is InChI=1S/C20H20N2O4/c1-4-25-17-11-5-14(13-18(17)24-3)6-12-19-21-22-20(26-19)15-7-9-16(23-2)10-8-15/h5-13H,4H2,1-3H3/b12-6+. The van der Waals surface area contributed by atoms with Gasteiger partial charge in [-0.3, -0.25) is 0 Å². The highest BCUT2D eigenvalue weighted by molar-refractivity contribution is 5.68. The molecule has 0 unspecified atom stereocenters. The lowest BCUT2D eigenvalue weighted by atomic mass is 10.2. The molecule has 0 bridgehead atoms. The Morgan fingerprint density at radius 1 is 0.923 bits per heavy atom. The molecule has 134 valence electrons. The lowest BCUT2D eigenvalue weighted by Gasteiger charge is -2.09. The van der Waals surface area contributed by atoms with Gasteiger partial charge in [0.15, 0.2) is 11.5 Å². The molecule has 6 nitrogen and oxygen atoms in total. The second-order valence-electron chi connectivity index (χ2n) is 5.35. The van der Waals surface area contributed by atoms with Crippen molar-refractivity contribution < 1.29 is 18.6 Å². The van der Waals surface area contributed by atoms with Gasteiger partial charge in [0.2, 0.25) is 11.8 Å². The highest BCUT2D eigenvalue weighted by atomic mass is 16.5. The number of benzene rings is 2. The zero-order valence-electron chi connectivity index (χ0n) is 14.9. The first-order valence-electron chi connectivity index (χ1n) is 8.20. The molecule has 0 radical (unpaired) electrons. The van der Waals surface area contributed by atoms with Crippen molar-refractivity contribution in [1.29, 1.82) is 0 Å². The van der Waals surface area contributed by atoms with Crippen LogP contribution in [0.2, 0.25) is 0 Å². The lowest BCUT2D eigenvalue weighted by molar-refractivity contribution is 0.311. The largest absolute Gasteiger partial charge is 0.497 e. The van der Waals surface area contributed by atoms with Crippen LogP contribution in [0, 0.1) is 0 Å². The van der Waals surface area contributed by atoms with Crippen molar-refractivity contribution in [3.8, 4) is 28.7 Å². The van der Waals surface area contributed by atoms with Crippen LogP contribution in [-0.4, -0.2) is 31.0 Å². The Balaban J connectivity index is 1.75. The van der Waals surface area contributed by atoms with Crippen molar-refractivity contribution in [2.24, 2.45) is 0 Å². The number of aromatic nitrogens is 2. The average molecular weight is 352 g/mol. The van der Waals surface area contributed by atoms with E-state index in [4.69, 9.17) is 18.6 Å². The van der Waals surface area contributed by atoms with Crippen LogP contribution in [0.5, 0.6) is 17.2 Å². The van der Waals surface area contributed by atoms with Crippen molar-refractivity contribution in [1.82, 2.24) is 10.2 Å². The van der Waals surface area contributed by atoms with Crippen LogP contribution < -0.4 is 14.2 Å². The van der Waals surface area contributed by atoms with Crippen LogP contribution in [-0.2, 0) is 0 Å². The van der Waals surface area contributed by atoms with Crippen LogP contribution in [0.15, 0.2) is 46.9 Å². The Kier molecular flexibility index (Phi) is 5.53. The first-order valence-corrected chi connectivity index (χ1v) is 8.20. The van der Waals surface area contributed by atoms with Crippen LogP contribution in [0.25, 0.3) is 23.6 Å². The molecule has 0 amide bonds. The van der Waals surface area contributed by atoms with Gasteiger partial charge in [-0.15, -0.1) is 10.2 Å². The van der Waals surface area contributed by atoms with Gasteiger partial charge >= 0.3 is 0 Å². The van der Waals surface area contributed by atoms with E-state index in [1.807, 2.05) is 55.5 Å². The Bertz CT molecular complexity index is 885. The summed E-state index contributed by atoms with van der Waals surface area (Å²) in [5.41, 5.74) is 1.77. The van der Waals surface area contributed by atoms with E-state index >= 15 is 0 Å². The molecule has 1 heterocycles. The SMILES string of the molecule is CCOc1ccc(/C=C/c2nnc(-c3ccc(OC)cc3)o2)cc1OC. The third-order valence-electron chi connectivity index (χ3n) is 3.68. The maximum Gasteiger partial charge on any atom is 0.248 e. The molecule has 0 fully saturated rings. The molecular weight excluding hydrogens is 332 g/mol. The summed E-state index contributed by atoms with van der Waals surface area (Å²) in [6.45, 7) is 2.52. The Labute approximate surface area is 152 Å². The number of hydrogen-bond acceptors (Lipinski definition) is 6. The van der Waals surface area contributed by atoms with Gasteiger partial charge in [0, 0.05) is 11.6 Å². The molecular formula is C20H20N2O4. The van der Waals surface area contributed by atoms with Crippen molar-refractivity contribution in [3.05, 3.63) is 53.9 Å². The third kappa shape index (κ3) is 4.03. The molecule has 0 atom stereocenters. The number of hydrogen-bond donors (Lipinski definition) is 0. The fourth-order valence-corrected chi connectivity index (χ4v) is 2.38. The summed E-state index contributed by atoms with van der Waals surface area (Å²) in [4.78, 5) is 0. The highest BCUT2D eigenvalue weighted by Gasteiger charge is 2.07. The number of rotatable bonds is 7. The van der Waals surface area contributed by atoms with Crippen LogP contribution in [0.1, 0.15) is 18.4 Å². The molecule has 1 aromatic heterocycles. The van der Waals surface area contributed by atoms with Gasteiger partial charge < -0.3 is 18.6 Å². The van der Waals surface area contributed by atoms with Gasteiger partial charge in [0.05, 0.1) is 20.8 Å².